The number of benzene rings is 1. The van der Waals surface area contributed by atoms with Crippen LogP contribution < -0.4 is 0 Å². The molecule has 0 saturated heterocycles. The number of carbonyl (C=O) groups excluding carboxylic acids is 1. The van der Waals surface area contributed by atoms with Crippen LogP contribution in [0.4, 0.5) is 0 Å². The second-order valence-corrected chi connectivity index (χ2v) is 2.59. The van der Waals surface area contributed by atoms with Gasteiger partial charge in [-0.1, -0.05) is 56.3 Å². The molecule has 0 saturated carbocycles. The molecule has 1 aromatic rings. The third-order valence-corrected chi connectivity index (χ3v) is 1.51. The minimum Gasteiger partial charge on any atom is -0.295 e. The molecule has 0 aromatic heterocycles. The average Bonchev–Trinajstić information content (AvgIpc) is 2.33. The lowest BCUT2D eigenvalue weighted by Gasteiger charge is -1.89. The van der Waals surface area contributed by atoms with Crippen LogP contribution in [0.15, 0.2) is 42.5 Å². The Balaban J connectivity index is 0. The molecule has 0 N–H and O–H groups in total. The van der Waals surface area contributed by atoms with E-state index in [1.807, 2.05) is 70.2 Å². The zero-order chi connectivity index (χ0) is 12.1. The van der Waals surface area contributed by atoms with Crippen LogP contribution in [0.1, 0.15) is 45.0 Å². The summed E-state index contributed by atoms with van der Waals surface area (Å²) in [5, 5.41) is 0. The fourth-order valence-electron chi connectivity index (χ4n) is 0.673. The Hall–Kier alpha value is -1.37. The lowest BCUT2D eigenvalue weighted by Crippen LogP contribution is -1.88. The fourth-order valence-corrected chi connectivity index (χ4v) is 0.673. The van der Waals surface area contributed by atoms with E-state index in [0.29, 0.717) is 0 Å². The van der Waals surface area contributed by atoms with E-state index in [1.54, 1.807) is 6.92 Å². The van der Waals surface area contributed by atoms with Gasteiger partial charge in [-0.05, 0) is 20.8 Å². The highest BCUT2D eigenvalue weighted by Gasteiger charge is 1.92. The predicted molar refractivity (Wildman–Crippen MR) is 68.3 cm³/mol. The molecule has 1 rings (SSSR count). The van der Waals surface area contributed by atoms with Crippen molar-refractivity contribution in [2.75, 3.05) is 0 Å². The van der Waals surface area contributed by atoms with Gasteiger partial charge in [0.05, 0.1) is 0 Å². The van der Waals surface area contributed by atoms with Crippen molar-refractivity contribution < 1.29 is 4.79 Å². The minimum absolute atomic E-state index is 0.121. The van der Waals surface area contributed by atoms with Crippen molar-refractivity contribution in [2.45, 2.75) is 34.6 Å². The van der Waals surface area contributed by atoms with Crippen LogP contribution in [0.3, 0.4) is 0 Å². The van der Waals surface area contributed by atoms with Gasteiger partial charge in [-0.2, -0.15) is 0 Å². The molecule has 0 spiro atoms. The normalized spacial score (nSPS) is 8.33. The highest BCUT2D eigenvalue weighted by Crippen LogP contribution is 1.97. The van der Waals surface area contributed by atoms with E-state index >= 15 is 0 Å². The lowest BCUT2D eigenvalue weighted by atomic mass is 10.2. The Morgan fingerprint density at radius 1 is 1.00 bits per heavy atom. The van der Waals surface area contributed by atoms with E-state index in [-0.39, 0.29) is 5.78 Å². The Bertz CT molecular complexity index is 256. The average molecular weight is 206 g/mol. The van der Waals surface area contributed by atoms with Crippen LogP contribution in [0, 0.1) is 0 Å². The molecule has 0 fully saturated rings. The summed E-state index contributed by atoms with van der Waals surface area (Å²) in [6, 6.07) is 9.23. The molecule has 0 amide bonds. The molecular weight excluding hydrogens is 184 g/mol. The number of rotatable bonds is 1. The van der Waals surface area contributed by atoms with Gasteiger partial charge >= 0.3 is 0 Å². The number of ketones is 1. The summed E-state index contributed by atoms with van der Waals surface area (Å²) in [5.41, 5.74) is 0.775. The van der Waals surface area contributed by atoms with Crippen molar-refractivity contribution in [1.29, 1.82) is 0 Å². The van der Waals surface area contributed by atoms with Crippen molar-refractivity contribution >= 4 is 5.78 Å². The molecule has 0 aliphatic carbocycles. The summed E-state index contributed by atoms with van der Waals surface area (Å²) in [6.45, 7) is 9.56. The quantitative estimate of drug-likeness (QED) is 0.488. The summed E-state index contributed by atoms with van der Waals surface area (Å²) < 4.78 is 0. The molecule has 0 unspecified atom stereocenters. The molecule has 0 aliphatic heterocycles. The molecular formula is C14H22O. The molecule has 1 nitrogen and oxygen atoms in total. The first-order valence-corrected chi connectivity index (χ1v) is 5.35. The van der Waals surface area contributed by atoms with Crippen LogP contribution in [0.25, 0.3) is 0 Å². The molecule has 0 atom stereocenters. The van der Waals surface area contributed by atoms with Crippen molar-refractivity contribution in [3.8, 4) is 0 Å². The molecule has 0 bridgehead atoms. The molecule has 1 aromatic carbocycles. The SMILES string of the molecule is C/C=C\C.CC.CC(=O)c1ccccc1. The molecule has 84 valence electrons. The first-order valence-electron chi connectivity index (χ1n) is 5.35. The van der Waals surface area contributed by atoms with Crippen LogP contribution in [-0.2, 0) is 0 Å². The smallest absolute Gasteiger partial charge is 0.159 e. The second-order valence-electron chi connectivity index (χ2n) is 2.59. The van der Waals surface area contributed by atoms with Gasteiger partial charge in [0.2, 0.25) is 0 Å². The van der Waals surface area contributed by atoms with E-state index in [4.69, 9.17) is 0 Å². The summed E-state index contributed by atoms with van der Waals surface area (Å²) in [5.74, 6) is 0.121. The van der Waals surface area contributed by atoms with Crippen LogP contribution in [0.2, 0.25) is 0 Å². The molecule has 1 heteroatoms. The highest BCUT2D eigenvalue weighted by atomic mass is 16.1. The third kappa shape index (κ3) is 10.6. The van der Waals surface area contributed by atoms with Gasteiger partial charge in [0.15, 0.2) is 5.78 Å². The first kappa shape index (κ1) is 16.1. The monoisotopic (exact) mass is 206 g/mol. The third-order valence-electron chi connectivity index (χ3n) is 1.51. The Kier molecular flexibility index (Phi) is 13.5. The van der Waals surface area contributed by atoms with Gasteiger partial charge in [-0.15, -0.1) is 0 Å². The Morgan fingerprint density at radius 2 is 1.40 bits per heavy atom. The summed E-state index contributed by atoms with van der Waals surface area (Å²) in [6.07, 6.45) is 4.00. The van der Waals surface area contributed by atoms with Crippen molar-refractivity contribution in [3.05, 3.63) is 48.0 Å². The summed E-state index contributed by atoms with van der Waals surface area (Å²) in [7, 11) is 0. The fraction of sp³-hybridized carbons (Fsp3) is 0.357. The topological polar surface area (TPSA) is 17.1 Å². The summed E-state index contributed by atoms with van der Waals surface area (Å²) >= 11 is 0. The number of hydrogen-bond acceptors (Lipinski definition) is 1. The van der Waals surface area contributed by atoms with E-state index < -0.39 is 0 Å². The summed E-state index contributed by atoms with van der Waals surface area (Å²) in [4.78, 5) is 10.6. The minimum atomic E-state index is 0.121. The van der Waals surface area contributed by atoms with Gasteiger partial charge in [-0.25, -0.2) is 0 Å². The Morgan fingerprint density at radius 3 is 1.60 bits per heavy atom. The van der Waals surface area contributed by atoms with Crippen LogP contribution in [0.5, 0.6) is 0 Å². The molecule has 0 aliphatic rings. The van der Waals surface area contributed by atoms with Gasteiger partial charge in [-0.3, -0.25) is 4.79 Å². The maximum Gasteiger partial charge on any atom is 0.159 e. The van der Waals surface area contributed by atoms with E-state index in [1.165, 1.54) is 0 Å². The maximum atomic E-state index is 10.6. The first-order chi connectivity index (χ1) is 7.22. The number of allylic oxidation sites excluding steroid dienone is 2. The van der Waals surface area contributed by atoms with E-state index in [0.717, 1.165) is 5.56 Å². The number of hydrogen-bond donors (Lipinski definition) is 0. The van der Waals surface area contributed by atoms with Gasteiger partial charge in [0.25, 0.3) is 0 Å². The zero-order valence-electron chi connectivity index (χ0n) is 10.4. The standard InChI is InChI=1S/C8H8O.C4H8.C2H6/c1-7(9)8-5-3-2-4-6-8;1-3-4-2;1-2/h2-6H,1H3;3-4H,1-2H3;1-2H3/b;4-3-;. The van der Waals surface area contributed by atoms with Gasteiger partial charge in [0.1, 0.15) is 0 Å². The second kappa shape index (κ2) is 12.6. The van der Waals surface area contributed by atoms with Crippen LogP contribution >= 0.6 is 0 Å². The molecule has 15 heavy (non-hydrogen) atoms. The van der Waals surface area contributed by atoms with Crippen LogP contribution in [-0.4, -0.2) is 5.78 Å². The number of Topliss-reactive ketones (excluding diaryl/α,β-unsaturated/α-hetero) is 1. The zero-order valence-corrected chi connectivity index (χ0v) is 10.4. The molecule has 0 radical (unpaired) electrons. The highest BCUT2D eigenvalue weighted by molar-refractivity contribution is 5.93. The number of carbonyl (C=O) groups is 1. The largest absolute Gasteiger partial charge is 0.295 e. The van der Waals surface area contributed by atoms with Crippen molar-refractivity contribution in [3.63, 3.8) is 0 Å². The van der Waals surface area contributed by atoms with Crippen molar-refractivity contribution in [2.24, 2.45) is 0 Å². The predicted octanol–water partition coefficient (Wildman–Crippen LogP) is 4.50. The molecule has 0 heterocycles. The Labute approximate surface area is 93.8 Å². The van der Waals surface area contributed by atoms with Crippen molar-refractivity contribution in [1.82, 2.24) is 0 Å². The lowest BCUT2D eigenvalue weighted by molar-refractivity contribution is 0.101. The van der Waals surface area contributed by atoms with E-state index in [9.17, 15) is 4.79 Å². The van der Waals surface area contributed by atoms with Gasteiger partial charge in [0, 0.05) is 5.56 Å². The maximum absolute atomic E-state index is 10.6. The van der Waals surface area contributed by atoms with E-state index in [2.05, 4.69) is 0 Å². The van der Waals surface area contributed by atoms with Gasteiger partial charge < -0.3 is 0 Å².